The molecule has 1 aliphatic heterocycles. The smallest absolute Gasteiger partial charge is 0.223 e. The molecule has 0 spiro atoms. The maximum atomic E-state index is 11.9. The van der Waals surface area contributed by atoms with Crippen molar-refractivity contribution >= 4 is 5.91 Å². The average molecular weight is 217 g/mol. The van der Waals surface area contributed by atoms with Crippen molar-refractivity contribution in [3.63, 3.8) is 0 Å². The van der Waals surface area contributed by atoms with E-state index in [0.29, 0.717) is 12.3 Å². The van der Waals surface area contributed by atoms with Crippen molar-refractivity contribution in [3.8, 4) is 0 Å². The van der Waals surface area contributed by atoms with Crippen molar-refractivity contribution in [3.05, 3.63) is 35.4 Å². The number of hydrogen-bond acceptors (Lipinski definition) is 1. The van der Waals surface area contributed by atoms with Gasteiger partial charge in [0, 0.05) is 13.0 Å². The fourth-order valence-electron chi connectivity index (χ4n) is 2.47. The van der Waals surface area contributed by atoms with Crippen LogP contribution in [0.15, 0.2) is 24.3 Å². The van der Waals surface area contributed by atoms with Crippen molar-refractivity contribution in [2.45, 2.75) is 39.2 Å². The quantitative estimate of drug-likeness (QED) is 0.746. The zero-order valence-corrected chi connectivity index (χ0v) is 10.1. The summed E-state index contributed by atoms with van der Waals surface area (Å²) in [5.41, 5.74) is 2.72. The van der Waals surface area contributed by atoms with Crippen LogP contribution in [0.4, 0.5) is 0 Å². The minimum Gasteiger partial charge on any atom is -0.336 e. The average Bonchev–Trinajstić information content (AvgIpc) is 2.30. The maximum absolute atomic E-state index is 11.9. The van der Waals surface area contributed by atoms with E-state index in [1.54, 1.807) is 0 Å². The third-order valence-corrected chi connectivity index (χ3v) is 3.38. The Morgan fingerprint density at radius 1 is 1.44 bits per heavy atom. The first-order valence-corrected chi connectivity index (χ1v) is 6.11. The standard InChI is InChI=1S/C14H19NO/c1-3-6-14(16)15-10-9-12-7-4-5-8-13(12)11(15)2/h4-5,7-8,11H,3,6,9-10H2,1-2H3/t11-/m1/s1. The highest BCUT2D eigenvalue weighted by atomic mass is 16.2. The van der Waals surface area contributed by atoms with Gasteiger partial charge in [0.1, 0.15) is 0 Å². The molecule has 1 heterocycles. The second-order valence-corrected chi connectivity index (χ2v) is 4.46. The molecule has 1 aliphatic rings. The van der Waals surface area contributed by atoms with Gasteiger partial charge in [0.15, 0.2) is 0 Å². The zero-order valence-electron chi connectivity index (χ0n) is 10.1. The van der Waals surface area contributed by atoms with Gasteiger partial charge in [0.05, 0.1) is 6.04 Å². The Morgan fingerprint density at radius 3 is 2.94 bits per heavy atom. The predicted molar refractivity (Wildman–Crippen MR) is 65.2 cm³/mol. The summed E-state index contributed by atoms with van der Waals surface area (Å²) in [6.45, 7) is 5.06. The van der Waals surface area contributed by atoms with E-state index in [0.717, 1.165) is 19.4 Å². The molecular weight excluding hydrogens is 198 g/mol. The SMILES string of the molecule is CCCC(=O)N1CCc2ccccc2[C@H]1C. The van der Waals surface area contributed by atoms with Crippen LogP contribution in [-0.4, -0.2) is 17.4 Å². The van der Waals surface area contributed by atoms with Crippen molar-refractivity contribution in [2.24, 2.45) is 0 Å². The summed E-state index contributed by atoms with van der Waals surface area (Å²) in [6.07, 6.45) is 2.60. The van der Waals surface area contributed by atoms with E-state index >= 15 is 0 Å². The molecule has 0 radical (unpaired) electrons. The van der Waals surface area contributed by atoms with E-state index in [1.807, 2.05) is 4.90 Å². The molecule has 0 saturated carbocycles. The van der Waals surface area contributed by atoms with Gasteiger partial charge in [-0.25, -0.2) is 0 Å². The third-order valence-electron chi connectivity index (χ3n) is 3.38. The van der Waals surface area contributed by atoms with E-state index in [2.05, 4.69) is 38.1 Å². The monoisotopic (exact) mass is 217 g/mol. The Labute approximate surface area is 97.3 Å². The highest BCUT2D eigenvalue weighted by Gasteiger charge is 2.26. The van der Waals surface area contributed by atoms with Gasteiger partial charge >= 0.3 is 0 Å². The summed E-state index contributed by atoms with van der Waals surface area (Å²) in [7, 11) is 0. The molecule has 2 nitrogen and oxygen atoms in total. The van der Waals surface area contributed by atoms with Crippen molar-refractivity contribution in [1.29, 1.82) is 0 Å². The number of benzene rings is 1. The number of amides is 1. The lowest BCUT2D eigenvalue weighted by molar-refractivity contribution is -0.133. The van der Waals surface area contributed by atoms with Gasteiger partial charge in [-0.05, 0) is 30.9 Å². The van der Waals surface area contributed by atoms with E-state index in [9.17, 15) is 4.79 Å². The summed E-state index contributed by atoms with van der Waals surface area (Å²) in [6, 6.07) is 8.70. The summed E-state index contributed by atoms with van der Waals surface area (Å²) < 4.78 is 0. The molecule has 2 heteroatoms. The molecule has 86 valence electrons. The highest BCUT2D eigenvalue weighted by Crippen LogP contribution is 2.29. The lowest BCUT2D eigenvalue weighted by Gasteiger charge is -2.35. The summed E-state index contributed by atoms with van der Waals surface area (Å²) in [5, 5.41) is 0. The van der Waals surface area contributed by atoms with Crippen LogP contribution in [0, 0.1) is 0 Å². The lowest BCUT2D eigenvalue weighted by atomic mass is 9.93. The first kappa shape index (κ1) is 11.2. The van der Waals surface area contributed by atoms with Crippen LogP contribution in [0.5, 0.6) is 0 Å². The van der Waals surface area contributed by atoms with E-state index in [-0.39, 0.29) is 6.04 Å². The van der Waals surface area contributed by atoms with Gasteiger partial charge in [0.25, 0.3) is 0 Å². The third kappa shape index (κ3) is 1.97. The molecule has 0 fully saturated rings. The van der Waals surface area contributed by atoms with Crippen LogP contribution >= 0.6 is 0 Å². The second-order valence-electron chi connectivity index (χ2n) is 4.46. The van der Waals surface area contributed by atoms with Crippen LogP contribution in [0.25, 0.3) is 0 Å². The molecule has 2 rings (SSSR count). The van der Waals surface area contributed by atoms with Crippen LogP contribution < -0.4 is 0 Å². The van der Waals surface area contributed by atoms with Crippen LogP contribution in [0.3, 0.4) is 0 Å². The highest BCUT2D eigenvalue weighted by molar-refractivity contribution is 5.77. The Kier molecular flexibility index (Phi) is 3.28. The minimum atomic E-state index is 0.240. The number of hydrogen-bond donors (Lipinski definition) is 0. The summed E-state index contributed by atoms with van der Waals surface area (Å²) >= 11 is 0. The molecule has 0 unspecified atom stereocenters. The topological polar surface area (TPSA) is 20.3 Å². The molecule has 0 bridgehead atoms. The first-order valence-electron chi connectivity index (χ1n) is 6.11. The van der Waals surface area contributed by atoms with Crippen LogP contribution in [0.2, 0.25) is 0 Å². The van der Waals surface area contributed by atoms with Gasteiger partial charge in [-0.3, -0.25) is 4.79 Å². The molecule has 16 heavy (non-hydrogen) atoms. The van der Waals surface area contributed by atoms with E-state index in [4.69, 9.17) is 0 Å². The number of fused-ring (bicyclic) bond motifs is 1. The second kappa shape index (κ2) is 4.69. The molecule has 0 aliphatic carbocycles. The molecule has 1 atom stereocenters. The Balaban J connectivity index is 2.21. The molecule has 1 amide bonds. The van der Waals surface area contributed by atoms with Gasteiger partial charge in [-0.1, -0.05) is 31.2 Å². The largest absolute Gasteiger partial charge is 0.336 e. The Bertz CT molecular complexity index is 386. The van der Waals surface area contributed by atoms with E-state index in [1.165, 1.54) is 11.1 Å². The normalized spacial score (nSPS) is 19.4. The molecule has 0 saturated heterocycles. The first-order chi connectivity index (χ1) is 7.74. The van der Waals surface area contributed by atoms with Gasteiger partial charge < -0.3 is 4.90 Å². The molecule has 0 aromatic heterocycles. The minimum absolute atomic E-state index is 0.240. The molecular formula is C14H19NO. The zero-order chi connectivity index (χ0) is 11.5. The van der Waals surface area contributed by atoms with Crippen molar-refractivity contribution in [2.75, 3.05) is 6.54 Å². The van der Waals surface area contributed by atoms with Gasteiger partial charge in [-0.2, -0.15) is 0 Å². The predicted octanol–water partition coefficient (Wildman–Crippen LogP) is 2.93. The fourth-order valence-corrected chi connectivity index (χ4v) is 2.47. The number of nitrogens with zero attached hydrogens (tertiary/aromatic N) is 1. The Morgan fingerprint density at radius 2 is 2.19 bits per heavy atom. The Hall–Kier alpha value is -1.31. The van der Waals surface area contributed by atoms with Crippen LogP contribution in [0.1, 0.15) is 43.9 Å². The number of carbonyl (C=O) groups is 1. The van der Waals surface area contributed by atoms with Crippen molar-refractivity contribution in [1.82, 2.24) is 4.90 Å². The van der Waals surface area contributed by atoms with E-state index < -0.39 is 0 Å². The summed E-state index contributed by atoms with van der Waals surface area (Å²) in [5.74, 6) is 0.296. The van der Waals surface area contributed by atoms with Crippen molar-refractivity contribution < 1.29 is 4.79 Å². The molecule has 0 N–H and O–H groups in total. The van der Waals surface area contributed by atoms with Gasteiger partial charge in [0.2, 0.25) is 5.91 Å². The number of carbonyl (C=O) groups excluding carboxylic acids is 1. The molecule has 1 aromatic carbocycles. The molecule has 1 aromatic rings. The maximum Gasteiger partial charge on any atom is 0.223 e. The van der Waals surface area contributed by atoms with Crippen LogP contribution in [-0.2, 0) is 11.2 Å². The lowest BCUT2D eigenvalue weighted by Crippen LogP contribution is -2.38. The number of rotatable bonds is 2. The fraction of sp³-hybridized carbons (Fsp3) is 0.500. The summed E-state index contributed by atoms with van der Waals surface area (Å²) in [4.78, 5) is 14.0. The van der Waals surface area contributed by atoms with Gasteiger partial charge in [-0.15, -0.1) is 0 Å².